The Morgan fingerprint density at radius 2 is 1.76 bits per heavy atom. The van der Waals surface area contributed by atoms with E-state index in [2.05, 4.69) is 20.6 Å². The van der Waals surface area contributed by atoms with Gasteiger partial charge in [0.1, 0.15) is 11.9 Å². The first-order valence-electron chi connectivity index (χ1n) is 9.70. The van der Waals surface area contributed by atoms with Crippen LogP contribution in [-0.4, -0.2) is 27.8 Å². The minimum Gasteiger partial charge on any atom is -0.345 e. The van der Waals surface area contributed by atoms with Crippen molar-refractivity contribution < 1.29 is 9.59 Å². The lowest BCUT2D eigenvalue weighted by atomic mass is 9.97. The van der Waals surface area contributed by atoms with Gasteiger partial charge in [0.25, 0.3) is 5.91 Å². The number of aromatic amines is 1. The Hall–Kier alpha value is -2.86. The molecule has 29 heavy (non-hydrogen) atoms. The summed E-state index contributed by atoms with van der Waals surface area (Å²) < 4.78 is 0. The van der Waals surface area contributed by atoms with Crippen molar-refractivity contribution in [2.45, 2.75) is 39.3 Å². The van der Waals surface area contributed by atoms with E-state index in [1.165, 1.54) is 0 Å². The molecule has 3 rings (SSSR count). The van der Waals surface area contributed by atoms with E-state index < -0.39 is 6.04 Å². The summed E-state index contributed by atoms with van der Waals surface area (Å²) in [6.07, 6.45) is 0.748. The van der Waals surface area contributed by atoms with E-state index in [0.717, 1.165) is 17.5 Å². The molecule has 3 unspecified atom stereocenters. The summed E-state index contributed by atoms with van der Waals surface area (Å²) in [7, 11) is 0. The molecule has 0 radical (unpaired) electrons. The lowest BCUT2D eigenvalue weighted by Gasteiger charge is -2.25. The van der Waals surface area contributed by atoms with Gasteiger partial charge >= 0.3 is 0 Å². The lowest BCUT2D eigenvalue weighted by molar-refractivity contribution is -0.124. The Morgan fingerprint density at radius 3 is 2.41 bits per heavy atom. The highest BCUT2D eigenvalue weighted by Gasteiger charge is 2.28. The molecule has 3 atom stereocenters. The van der Waals surface area contributed by atoms with Crippen molar-refractivity contribution in [1.82, 2.24) is 20.6 Å². The van der Waals surface area contributed by atoms with E-state index in [1.54, 1.807) is 24.3 Å². The smallest absolute Gasteiger partial charge is 0.251 e. The van der Waals surface area contributed by atoms with Gasteiger partial charge in [-0.1, -0.05) is 44.0 Å². The Balaban J connectivity index is 1.72. The number of rotatable bonds is 7. The van der Waals surface area contributed by atoms with Gasteiger partial charge in [-0.2, -0.15) is 0 Å². The Labute approximate surface area is 175 Å². The number of nitrogens with one attached hydrogen (secondary N) is 3. The number of carbonyl (C=O) groups excluding carboxylic acids is 2. The van der Waals surface area contributed by atoms with Gasteiger partial charge in [0.15, 0.2) is 0 Å². The van der Waals surface area contributed by atoms with E-state index in [-0.39, 0.29) is 23.8 Å². The van der Waals surface area contributed by atoms with E-state index in [0.29, 0.717) is 16.4 Å². The van der Waals surface area contributed by atoms with Crippen LogP contribution in [0.3, 0.4) is 0 Å². The zero-order chi connectivity index (χ0) is 21.0. The molecule has 2 amide bonds. The van der Waals surface area contributed by atoms with Crippen molar-refractivity contribution in [2.24, 2.45) is 5.92 Å². The fourth-order valence-electron chi connectivity index (χ4n) is 3.08. The van der Waals surface area contributed by atoms with Crippen molar-refractivity contribution in [2.75, 3.05) is 0 Å². The first-order chi connectivity index (χ1) is 13.9. The number of fused-ring (bicyclic) bond motifs is 1. The Bertz CT molecular complexity index is 966. The van der Waals surface area contributed by atoms with Gasteiger partial charge in [0.05, 0.1) is 17.1 Å². The third kappa shape index (κ3) is 4.95. The number of para-hydroxylation sites is 2. The van der Waals surface area contributed by atoms with Crippen LogP contribution in [0.25, 0.3) is 11.0 Å². The third-order valence-electron chi connectivity index (χ3n) is 5.07. The first kappa shape index (κ1) is 20.9. The number of hydrogen-bond donors (Lipinski definition) is 3. The SMILES string of the molecule is CCC(C)C(NC(=O)c1ccc(Cl)cc1)C(=O)NC(C)c1nc2ccccc2[nH]1. The molecule has 3 aromatic rings. The molecule has 3 N–H and O–H groups in total. The maximum Gasteiger partial charge on any atom is 0.251 e. The van der Waals surface area contributed by atoms with Crippen LogP contribution in [0.4, 0.5) is 0 Å². The van der Waals surface area contributed by atoms with Crippen molar-refractivity contribution >= 4 is 34.4 Å². The molecular formula is C22H25ClN4O2. The number of hydrogen-bond acceptors (Lipinski definition) is 3. The minimum atomic E-state index is -0.657. The van der Waals surface area contributed by atoms with Gasteiger partial charge in [-0.3, -0.25) is 9.59 Å². The molecule has 0 aliphatic carbocycles. The summed E-state index contributed by atoms with van der Waals surface area (Å²) in [5.41, 5.74) is 2.22. The zero-order valence-corrected chi connectivity index (χ0v) is 17.5. The molecule has 2 aromatic carbocycles. The molecule has 1 heterocycles. The molecule has 152 valence electrons. The summed E-state index contributed by atoms with van der Waals surface area (Å²) in [6.45, 7) is 5.80. The summed E-state index contributed by atoms with van der Waals surface area (Å²) in [5.74, 6) is 0.0914. The number of nitrogens with zero attached hydrogens (tertiary/aromatic N) is 1. The highest BCUT2D eigenvalue weighted by molar-refractivity contribution is 6.30. The van der Waals surface area contributed by atoms with Crippen molar-refractivity contribution in [1.29, 1.82) is 0 Å². The highest BCUT2D eigenvalue weighted by atomic mass is 35.5. The number of amides is 2. The van der Waals surface area contributed by atoms with E-state index in [4.69, 9.17) is 11.6 Å². The van der Waals surface area contributed by atoms with Crippen LogP contribution in [0.1, 0.15) is 49.4 Å². The molecule has 0 spiro atoms. The third-order valence-corrected chi connectivity index (χ3v) is 5.32. The monoisotopic (exact) mass is 412 g/mol. The molecule has 0 fully saturated rings. The van der Waals surface area contributed by atoms with Gasteiger partial charge in [-0.15, -0.1) is 0 Å². The molecular weight excluding hydrogens is 388 g/mol. The normalized spacial score (nSPS) is 14.2. The molecule has 0 saturated carbocycles. The first-order valence-corrected chi connectivity index (χ1v) is 10.1. The Morgan fingerprint density at radius 1 is 1.07 bits per heavy atom. The number of aromatic nitrogens is 2. The quantitative estimate of drug-likeness (QED) is 0.542. The van der Waals surface area contributed by atoms with Crippen molar-refractivity contribution in [3.8, 4) is 0 Å². The van der Waals surface area contributed by atoms with Crippen LogP contribution >= 0.6 is 11.6 Å². The lowest BCUT2D eigenvalue weighted by Crippen LogP contribution is -2.50. The van der Waals surface area contributed by atoms with Crippen LogP contribution in [-0.2, 0) is 4.79 Å². The van der Waals surface area contributed by atoms with Crippen LogP contribution in [0, 0.1) is 5.92 Å². The van der Waals surface area contributed by atoms with Crippen molar-refractivity contribution in [3.05, 3.63) is 64.9 Å². The number of halogens is 1. The van der Waals surface area contributed by atoms with Crippen LogP contribution in [0.5, 0.6) is 0 Å². The van der Waals surface area contributed by atoms with Gasteiger partial charge in [0.2, 0.25) is 5.91 Å². The molecule has 6 nitrogen and oxygen atoms in total. The highest BCUT2D eigenvalue weighted by Crippen LogP contribution is 2.17. The Kier molecular flexibility index (Phi) is 6.54. The average molecular weight is 413 g/mol. The molecule has 1 aromatic heterocycles. The van der Waals surface area contributed by atoms with Crippen LogP contribution in [0.2, 0.25) is 5.02 Å². The number of imidazole rings is 1. The van der Waals surface area contributed by atoms with Gasteiger partial charge in [-0.25, -0.2) is 4.98 Å². The molecule has 0 saturated heterocycles. The van der Waals surface area contributed by atoms with E-state index in [1.807, 2.05) is 45.0 Å². The molecule has 0 aliphatic heterocycles. The predicted molar refractivity (Wildman–Crippen MR) is 115 cm³/mol. The largest absolute Gasteiger partial charge is 0.345 e. The number of carbonyl (C=O) groups is 2. The van der Waals surface area contributed by atoms with E-state index >= 15 is 0 Å². The van der Waals surface area contributed by atoms with Gasteiger partial charge in [0, 0.05) is 10.6 Å². The number of H-pyrrole nitrogens is 1. The number of benzene rings is 2. The second kappa shape index (κ2) is 9.09. The topological polar surface area (TPSA) is 86.9 Å². The maximum absolute atomic E-state index is 13.0. The second-order valence-electron chi connectivity index (χ2n) is 7.21. The summed E-state index contributed by atoms with van der Waals surface area (Å²) in [4.78, 5) is 33.4. The van der Waals surface area contributed by atoms with Crippen molar-refractivity contribution in [3.63, 3.8) is 0 Å². The average Bonchev–Trinajstić information content (AvgIpc) is 3.16. The fourth-order valence-corrected chi connectivity index (χ4v) is 3.20. The van der Waals surface area contributed by atoms with Gasteiger partial charge in [-0.05, 0) is 49.2 Å². The molecule has 7 heteroatoms. The summed E-state index contributed by atoms with van der Waals surface area (Å²) in [5, 5.41) is 6.39. The zero-order valence-electron chi connectivity index (χ0n) is 16.7. The summed E-state index contributed by atoms with van der Waals surface area (Å²) in [6, 6.07) is 13.3. The van der Waals surface area contributed by atoms with Gasteiger partial charge < -0.3 is 15.6 Å². The van der Waals surface area contributed by atoms with E-state index in [9.17, 15) is 9.59 Å². The van der Waals surface area contributed by atoms with Crippen LogP contribution < -0.4 is 10.6 Å². The van der Waals surface area contributed by atoms with Crippen LogP contribution in [0.15, 0.2) is 48.5 Å². The summed E-state index contributed by atoms with van der Waals surface area (Å²) >= 11 is 5.89. The fraction of sp³-hybridized carbons (Fsp3) is 0.318. The molecule has 0 bridgehead atoms. The standard InChI is InChI=1S/C22H25ClN4O2/c1-4-13(2)19(27-21(28)15-9-11-16(23)12-10-15)22(29)24-14(3)20-25-17-7-5-6-8-18(17)26-20/h5-14,19H,4H2,1-3H3,(H,24,29)(H,25,26)(H,27,28). The minimum absolute atomic E-state index is 0.0332. The maximum atomic E-state index is 13.0. The molecule has 0 aliphatic rings. The predicted octanol–water partition coefficient (Wildman–Crippen LogP) is 4.24. The second-order valence-corrected chi connectivity index (χ2v) is 7.65.